The van der Waals surface area contributed by atoms with Crippen molar-refractivity contribution in [3.05, 3.63) is 12.2 Å². The highest BCUT2D eigenvalue weighted by molar-refractivity contribution is 5.90. The maximum atomic E-state index is 12.8. The Labute approximate surface area is 133 Å². The minimum absolute atomic E-state index is 0.0691. The first-order chi connectivity index (χ1) is 10.8. The molecular formula is C15H16F6O3. The van der Waals surface area contributed by atoms with Crippen LogP contribution in [0.1, 0.15) is 32.1 Å². The number of fused-ring (bicyclic) bond motifs is 3. The zero-order valence-corrected chi connectivity index (χ0v) is 12.5. The predicted molar refractivity (Wildman–Crippen MR) is 68.6 cm³/mol. The summed E-state index contributed by atoms with van der Waals surface area (Å²) >= 11 is 0. The van der Waals surface area contributed by atoms with Crippen LogP contribution in [0, 0.1) is 17.8 Å². The average molecular weight is 358 g/mol. The minimum atomic E-state index is -5.79. The lowest BCUT2D eigenvalue weighted by atomic mass is 9.73. The fourth-order valence-electron chi connectivity index (χ4n) is 4.59. The summed E-state index contributed by atoms with van der Waals surface area (Å²) in [4.78, 5) is 11.5. The van der Waals surface area contributed by atoms with Crippen LogP contribution in [0.2, 0.25) is 0 Å². The van der Waals surface area contributed by atoms with E-state index in [0.29, 0.717) is 6.42 Å². The van der Waals surface area contributed by atoms with Crippen LogP contribution in [0.4, 0.5) is 26.3 Å². The van der Waals surface area contributed by atoms with E-state index in [2.05, 4.69) is 6.58 Å². The molecule has 1 aliphatic heterocycles. The molecule has 0 amide bonds. The Morgan fingerprint density at radius 3 is 2.12 bits per heavy atom. The molecule has 1 saturated heterocycles. The van der Waals surface area contributed by atoms with Gasteiger partial charge in [0.05, 0.1) is 0 Å². The van der Waals surface area contributed by atoms with Crippen molar-refractivity contribution in [3.8, 4) is 0 Å². The summed E-state index contributed by atoms with van der Waals surface area (Å²) in [6.45, 7) is 3.57. The van der Waals surface area contributed by atoms with Gasteiger partial charge in [0, 0.05) is 12.0 Å². The molecule has 2 saturated carbocycles. The highest BCUT2D eigenvalue weighted by Crippen LogP contribution is 2.62. The van der Waals surface area contributed by atoms with Gasteiger partial charge in [-0.15, -0.1) is 0 Å². The second-order valence-electron chi connectivity index (χ2n) is 7.19. The Balaban J connectivity index is 1.76. The third-order valence-electron chi connectivity index (χ3n) is 5.79. The molecular weight excluding hydrogens is 342 g/mol. The second-order valence-corrected chi connectivity index (χ2v) is 7.19. The summed E-state index contributed by atoms with van der Waals surface area (Å²) in [5, 5.41) is 9.36. The maximum Gasteiger partial charge on any atom is 0.426 e. The summed E-state index contributed by atoms with van der Waals surface area (Å²) in [7, 11) is 0. The van der Waals surface area contributed by atoms with Gasteiger partial charge in [-0.3, -0.25) is 0 Å². The van der Waals surface area contributed by atoms with E-state index in [1.807, 2.05) is 0 Å². The molecule has 2 aliphatic carbocycles. The third-order valence-corrected chi connectivity index (χ3v) is 5.79. The number of alkyl halides is 6. The molecule has 0 aromatic carbocycles. The molecule has 9 heteroatoms. The van der Waals surface area contributed by atoms with Crippen LogP contribution in [0.5, 0.6) is 0 Å². The number of rotatable bonds is 2. The van der Waals surface area contributed by atoms with E-state index in [0.717, 1.165) is 0 Å². The van der Waals surface area contributed by atoms with Crippen LogP contribution in [0.3, 0.4) is 0 Å². The van der Waals surface area contributed by atoms with Crippen LogP contribution in [-0.2, 0) is 9.53 Å². The largest absolute Gasteiger partial charge is 0.455 e. The lowest BCUT2D eigenvalue weighted by Gasteiger charge is -2.39. The molecule has 0 aromatic heterocycles. The summed E-state index contributed by atoms with van der Waals surface area (Å²) in [6, 6.07) is 0. The van der Waals surface area contributed by atoms with E-state index >= 15 is 0 Å². The Bertz CT molecular complexity index is 549. The van der Waals surface area contributed by atoms with Gasteiger partial charge < -0.3 is 9.84 Å². The smallest absolute Gasteiger partial charge is 0.426 e. The molecule has 1 N–H and O–H groups in total. The number of hydrogen-bond donors (Lipinski definition) is 1. The van der Waals surface area contributed by atoms with Gasteiger partial charge in [0.15, 0.2) is 0 Å². The normalized spacial score (nSPS) is 36.7. The Morgan fingerprint density at radius 1 is 1.17 bits per heavy atom. The SMILES string of the molecule is C=C1CC2(CC3CC2CC3CC(O)(C(F)(F)F)C(F)(F)F)OC1=O. The lowest BCUT2D eigenvalue weighted by molar-refractivity contribution is -0.373. The second kappa shape index (κ2) is 4.89. The van der Waals surface area contributed by atoms with Crippen molar-refractivity contribution < 1.29 is 41.0 Å². The fraction of sp³-hybridized carbons (Fsp3) is 0.800. The first-order valence-corrected chi connectivity index (χ1v) is 7.56. The standard InChI is InChI=1S/C15H16F6O3/c1-7-4-12(24-11(7)22)5-8-2-10(12)3-9(8)6-13(23,14(16,17)18)15(19,20)21/h8-10,23H,1-6H2. The van der Waals surface area contributed by atoms with E-state index in [-0.39, 0.29) is 30.8 Å². The summed E-state index contributed by atoms with van der Waals surface area (Å²) < 4.78 is 82.4. The van der Waals surface area contributed by atoms with Crippen LogP contribution in [-0.4, -0.2) is 34.6 Å². The van der Waals surface area contributed by atoms with Crippen molar-refractivity contribution in [1.82, 2.24) is 0 Å². The number of carbonyl (C=O) groups excluding carboxylic acids is 1. The molecule has 1 spiro atoms. The van der Waals surface area contributed by atoms with Crippen molar-refractivity contribution >= 4 is 5.97 Å². The summed E-state index contributed by atoms with van der Waals surface area (Å²) in [5.74, 6) is -2.20. The quantitative estimate of drug-likeness (QED) is 0.467. The minimum Gasteiger partial charge on any atom is -0.455 e. The van der Waals surface area contributed by atoms with Crippen molar-refractivity contribution in [1.29, 1.82) is 0 Å². The molecule has 3 nitrogen and oxygen atoms in total. The van der Waals surface area contributed by atoms with Gasteiger partial charge in [0.1, 0.15) is 5.60 Å². The number of ether oxygens (including phenoxy) is 1. The number of aliphatic hydroxyl groups is 1. The van der Waals surface area contributed by atoms with E-state index < -0.39 is 47.8 Å². The zero-order valence-electron chi connectivity index (χ0n) is 12.5. The van der Waals surface area contributed by atoms with E-state index in [1.165, 1.54) is 0 Å². The van der Waals surface area contributed by atoms with Gasteiger partial charge in [0.2, 0.25) is 0 Å². The molecule has 3 aliphatic rings. The molecule has 0 radical (unpaired) electrons. The van der Waals surface area contributed by atoms with Gasteiger partial charge in [-0.1, -0.05) is 6.58 Å². The van der Waals surface area contributed by atoms with E-state index in [9.17, 15) is 36.2 Å². The average Bonchev–Trinajstić information content (AvgIpc) is 3.01. The Kier molecular flexibility index (Phi) is 3.58. The Hall–Kier alpha value is -1.25. The molecule has 24 heavy (non-hydrogen) atoms. The fourth-order valence-corrected chi connectivity index (χ4v) is 4.59. The molecule has 1 heterocycles. The van der Waals surface area contributed by atoms with E-state index in [4.69, 9.17) is 4.74 Å². The number of esters is 1. The predicted octanol–water partition coefficient (Wildman–Crippen LogP) is 3.52. The van der Waals surface area contributed by atoms with Gasteiger partial charge in [-0.25, -0.2) is 4.79 Å². The topological polar surface area (TPSA) is 46.5 Å². The summed E-state index contributed by atoms with van der Waals surface area (Å²) in [5.41, 5.74) is -5.26. The monoisotopic (exact) mass is 358 g/mol. The first kappa shape index (κ1) is 17.6. The van der Waals surface area contributed by atoms with Crippen molar-refractivity contribution in [3.63, 3.8) is 0 Å². The molecule has 4 atom stereocenters. The van der Waals surface area contributed by atoms with Crippen LogP contribution < -0.4 is 0 Å². The van der Waals surface area contributed by atoms with Gasteiger partial charge in [0.25, 0.3) is 5.60 Å². The molecule has 2 bridgehead atoms. The van der Waals surface area contributed by atoms with Gasteiger partial charge in [-0.2, -0.15) is 26.3 Å². The first-order valence-electron chi connectivity index (χ1n) is 7.56. The van der Waals surface area contributed by atoms with Gasteiger partial charge >= 0.3 is 18.3 Å². The van der Waals surface area contributed by atoms with Gasteiger partial charge in [-0.05, 0) is 43.4 Å². The highest BCUT2D eigenvalue weighted by atomic mass is 19.4. The highest BCUT2D eigenvalue weighted by Gasteiger charge is 2.72. The molecule has 136 valence electrons. The van der Waals surface area contributed by atoms with Crippen LogP contribution in [0.25, 0.3) is 0 Å². The summed E-state index contributed by atoms with van der Waals surface area (Å²) in [6.07, 6.45) is -12.0. The number of halogens is 6. The Morgan fingerprint density at radius 2 is 1.75 bits per heavy atom. The van der Waals surface area contributed by atoms with Crippen molar-refractivity contribution in [2.24, 2.45) is 17.8 Å². The third kappa shape index (κ3) is 2.34. The zero-order chi connectivity index (χ0) is 18.1. The van der Waals surface area contributed by atoms with Crippen LogP contribution in [0.15, 0.2) is 12.2 Å². The van der Waals surface area contributed by atoms with Crippen molar-refractivity contribution in [2.75, 3.05) is 0 Å². The molecule has 0 aromatic rings. The molecule has 3 fully saturated rings. The van der Waals surface area contributed by atoms with Crippen molar-refractivity contribution in [2.45, 2.75) is 55.7 Å². The number of hydrogen-bond acceptors (Lipinski definition) is 3. The molecule has 3 rings (SSSR count). The van der Waals surface area contributed by atoms with E-state index in [1.54, 1.807) is 0 Å². The lowest BCUT2D eigenvalue weighted by Crippen LogP contribution is -2.58. The number of carbonyl (C=O) groups is 1. The molecule has 4 unspecified atom stereocenters. The maximum absolute atomic E-state index is 12.8. The van der Waals surface area contributed by atoms with Crippen LogP contribution >= 0.6 is 0 Å².